The Morgan fingerprint density at radius 1 is 1.14 bits per heavy atom. The van der Waals surface area contributed by atoms with E-state index in [2.05, 4.69) is 14.8 Å². The molecule has 1 aromatic carbocycles. The maximum atomic E-state index is 12.5. The van der Waals surface area contributed by atoms with Gasteiger partial charge in [0.1, 0.15) is 0 Å². The highest BCUT2D eigenvalue weighted by atomic mass is 35.5. The van der Waals surface area contributed by atoms with Gasteiger partial charge in [0.2, 0.25) is 5.91 Å². The van der Waals surface area contributed by atoms with Crippen LogP contribution < -0.4 is 0 Å². The van der Waals surface area contributed by atoms with Gasteiger partial charge in [-0.3, -0.25) is 9.36 Å². The van der Waals surface area contributed by atoms with Gasteiger partial charge in [-0.15, -0.1) is 10.2 Å². The maximum absolute atomic E-state index is 12.5. The summed E-state index contributed by atoms with van der Waals surface area (Å²) in [6.07, 6.45) is 5.71. The van der Waals surface area contributed by atoms with E-state index in [0.29, 0.717) is 17.3 Å². The van der Waals surface area contributed by atoms with Crippen LogP contribution in [0.15, 0.2) is 29.4 Å². The summed E-state index contributed by atoms with van der Waals surface area (Å²) < 4.78 is 7.92. The number of benzene rings is 1. The Labute approximate surface area is 174 Å². The molecule has 28 heavy (non-hydrogen) atoms. The summed E-state index contributed by atoms with van der Waals surface area (Å²) in [4.78, 5) is 14.5. The molecule has 0 aliphatic carbocycles. The fraction of sp³-hybridized carbons (Fsp3) is 0.550. The number of hydrogen-bond acceptors (Lipinski definition) is 5. The van der Waals surface area contributed by atoms with Crippen LogP contribution in [0.5, 0.6) is 0 Å². The van der Waals surface area contributed by atoms with Gasteiger partial charge in [0.15, 0.2) is 11.0 Å². The van der Waals surface area contributed by atoms with Gasteiger partial charge >= 0.3 is 0 Å². The predicted molar refractivity (Wildman–Crippen MR) is 111 cm³/mol. The number of aromatic nitrogens is 3. The van der Waals surface area contributed by atoms with Crippen molar-refractivity contribution in [2.24, 2.45) is 0 Å². The second-order valence-electron chi connectivity index (χ2n) is 7.29. The number of hydrogen-bond donors (Lipinski definition) is 0. The van der Waals surface area contributed by atoms with Crippen LogP contribution >= 0.6 is 23.4 Å². The highest BCUT2D eigenvalue weighted by Gasteiger charge is 2.23. The van der Waals surface area contributed by atoms with E-state index < -0.39 is 0 Å². The first-order valence-corrected chi connectivity index (χ1v) is 11.3. The van der Waals surface area contributed by atoms with E-state index in [-0.39, 0.29) is 12.0 Å². The Morgan fingerprint density at radius 3 is 2.64 bits per heavy atom. The lowest BCUT2D eigenvalue weighted by atomic mass is 10.1. The van der Waals surface area contributed by atoms with Gasteiger partial charge in [0.05, 0.1) is 18.4 Å². The molecule has 1 atom stereocenters. The number of nitrogens with zero attached hydrogens (tertiary/aromatic N) is 4. The zero-order valence-electron chi connectivity index (χ0n) is 15.8. The number of rotatable bonds is 6. The Balaban J connectivity index is 1.52. The highest BCUT2D eigenvalue weighted by molar-refractivity contribution is 7.99. The van der Waals surface area contributed by atoms with Crippen LogP contribution in [-0.4, -0.2) is 57.1 Å². The summed E-state index contributed by atoms with van der Waals surface area (Å²) in [6.45, 7) is 3.25. The molecule has 0 saturated carbocycles. The van der Waals surface area contributed by atoms with Gasteiger partial charge in [-0.25, -0.2) is 0 Å². The third-order valence-corrected chi connectivity index (χ3v) is 6.47. The standard InChI is InChI=1S/C20H25ClN4O2S/c21-16-8-6-15(7-9-16)19-22-23-20(25(19)13-17-5-4-12-27-17)28-14-18(26)24-10-2-1-3-11-24/h6-9,17H,1-5,10-14H2/t17-/m0/s1. The summed E-state index contributed by atoms with van der Waals surface area (Å²) in [7, 11) is 0. The molecule has 2 aromatic rings. The van der Waals surface area contributed by atoms with E-state index in [1.807, 2.05) is 29.2 Å². The van der Waals surface area contributed by atoms with E-state index in [4.69, 9.17) is 16.3 Å². The second kappa shape index (κ2) is 9.29. The Hall–Kier alpha value is -1.57. The van der Waals surface area contributed by atoms with Crippen LogP contribution in [0.2, 0.25) is 5.02 Å². The summed E-state index contributed by atoms with van der Waals surface area (Å²) in [6, 6.07) is 7.61. The zero-order chi connectivity index (χ0) is 19.3. The Bertz CT molecular complexity index is 799. The lowest BCUT2D eigenvalue weighted by Crippen LogP contribution is -2.36. The normalized spacial score (nSPS) is 19.9. The molecule has 0 bridgehead atoms. The molecule has 4 rings (SSSR count). The summed E-state index contributed by atoms with van der Waals surface area (Å²) in [5.74, 6) is 1.37. The Kier molecular flexibility index (Phi) is 6.54. The molecule has 0 N–H and O–H groups in total. The van der Waals surface area contributed by atoms with Crippen LogP contribution in [0.3, 0.4) is 0 Å². The molecule has 8 heteroatoms. The molecule has 2 fully saturated rings. The first-order valence-electron chi connectivity index (χ1n) is 9.92. The van der Waals surface area contributed by atoms with Gasteiger partial charge in [-0.2, -0.15) is 0 Å². The molecule has 0 unspecified atom stereocenters. The zero-order valence-corrected chi connectivity index (χ0v) is 17.4. The number of piperidine rings is 1. The van der Waals surface area contributed by atoms with Crippen molar-refractivity contribution in [1.82, 2.24) is 19.7 Å². The minimum absolute atomic E-state index is 0.166. The molecule has 3 heterocycles. The van der Waals surface area contributed by atoms with E-state index >= 15 is 0 Å². The van der Waals surface area contributed by atoms with E-state index in [0.717, 1.165) is 61.9 Å². The maximum Gasteiger partial charge on any atom is 0.233 e. The predicted octanol–water partition coefficient (Wildman–Crippen LogP) is 3.88. The van der Waals surface area contributed by atoms with Crippen LogP contribution in [0, 0.1) is 0 Å². The van der Waals surface area contributed by atoms with Crippen molar-refractivity contribution < 1.29 is 9.53 Å². The van der Waals surface area contributed by atoms with Crippen LogP contribution in [-0.2, 0) is 16.1 Å². The molecule has 150 valence electrons. The largest absolute Gasteiger partial charge is 0.376 e. The fourth-order valence-electron chi connectivity index (χ4n) is 3.73. The summed E-state index contributed by atoms with van der Waals surface area (Å²) in [5, 5.41) is 10.3. The molecule has 1 aromatic heterocycles. The Morgan fingerprint density at radius 2 is 1.93 bits per heavy atom. The molecular weight excluding hydrogens is 396 g/mol. The topological polar surface area (TPSA) is 60.3 Å². The number of ether oxygens (including phenoxy) is 1. The third kappa shape index (κ3) is 4.70. The minimum Gasteiger partial charge on any atom is -0.376 e. The second-order valence-corrected chi connectivity index (χ2v) is 8.67. The number of halogens is 1. The first-order chi connectivity index (χ1) is 13.7. The average molecular weight is 421 g/mol. The molecule has 0 spiro atoms. The van der Waals surface area contributed by atoms with Crippen molar-refractivity contribution in [2.75, 3.05) is 25.4 Å². The molecule has 2 aliphatic heterocycles. The van der Waals surface area contributed by atoms with Crippen molar-refractivity contribution >= 4 is 29.3 Å². The van der Waals surface area contributed by atoms with Gasteiger partial charge in [-0.05, 0) is 56.4 Å². The van der Waals surface area contributed by atoms with E-state index in [1.54, 1.807) is 0 Å². The molecule has 1 amide bonds. The quantitative estimate of drug-likeness (QED) is 0.663. The summed E-state index contributed by atoms with van der Waals surface area (Å²) in [5.41, 5.74) is 0.962. The van der Waals surface area contributed by atoms with Crippen molar-refractivity contribution in [3.8, 4) is 11.4 Å². The average Bonchev–Trinajstić information content (AvgIpc) is 3.38. The monoisotopic (exact) mass is 420 g/mol. The third-order valence-electron chi connectivity index (χ3n) is 5.26. The van der Waals surface area contributed by atoms with Crippen molar-refractivity contribution in [3.05, 3.63) is 29.3 Å². The van der Waals surface area contributed by atoms with E-state index in [9.17, 15) is 4.79 Å². The van der Waals surface area contributed by atoms with Crippen molar-refractivity contribution in [1.29, 1.82) is 0 Å². The van der Waals surface area contributed by atoms with Crippen molar-refractivity contribution in [3.63, 3.8) is 0 Å². The number of thioether (sulfide) groups is 1. The van der Waals surface area contributed by atoms with Crippen LogP contribution in [0.4, 0.5) is 0 Å². The van der Waals surface area contributed by atoms with Crippen molar-refractivity contribution in [2.45, 2.75) is 49.9 Å². The van der Waals surface area contributed by atoms with Gasteiger partial charge in [0.25, 0.3) is 0 Å². The molecule has 2 saturated heterocycles. The number of carbonyl (C=O) groups excluding carboxylic acids is 1. The number of amides is 1. The molecule has 2 aliphatic rings. The van der Waals surface area contributed by atoms with Crippen LogP contribution in [0.25, 0.3) is 11.4 Å². The molecule has 6 nitrogen and oxygen atoms in total. The number of likely N-dealkylation sites (tertiary alicyclic amines) is 1. The van der Waals surface area contributed by atoms with Gasteiger partial charge in [0, 0.05) is 30.3 Å². The highest BCUT2D eigenvalue weighted by Crippen LogP contribution is 2.27. The van der Waals surface area contributed by atoms with Gasteiger partial charge in [-0.1, -0.05) is 23.4 Å². The number of carbonyl (C=O) groups is 1. The molecule has 0 radical (unpaired) electrons. The smallest absolute Gasteiger partial charge is 0.233 e. The molecular formula is C20H25ClN4O2S. The van der Waals surface area contributed by atoms with Crippen LogP contribution in [0.1, 0.15) is 32.1 Å². The van der Waals surface area contributed by atoms with E-state index in [1.165, 1.54) is 18.2 Å². The lowest BCUT2D eigenvalue weighted by Gasteiger charge is -2.26. The summed E-state index contributed by atoms with van der Waals surface area (Å²) >= 11 is 7.50. The lowest BCUT2D eigenvalue weighted by molar-refractivity contribution is -0.129. The first kappa shape index (κ1) is 19.7. The minimum atomic E-state index is 0.166. The SMILES string of the molecule is O=C(CSc1nnc(-c2ccc(Cl)cc2)n1C[C@@H]1CCCO1)N1CCCCC1. The van der Waals surface area contributed by atoms with Gasteiger partial charge < -0.3 is 9.64 Å². The fourth-order valence-corrected chi connectivity index (χ4v) is 4.70.